The third-order valence-electron chi connectivity index (χ3n) is 4.47. The van der Waals surface area contributed by atoms with Crippen molar-refractivity contribution in [3.05, 3.63) is 59.7 Å². The predicted molar refractivity (Wildman–Crippen MR) is 101 cm³/mol. The molecule has 1 saturated heterocycles. The van der Waals surface area contributed by atoms with Crippen molar-refractivity contribution in [1.82, 2.24) is 0 Å². The molecule has 26 heavy (non-hydrogen) atoms. The second-order valence-corrected chi connectivity index (χ2v) is 7.51. The molecular formula is C20H22O5S. The lowest BCUT2D eigenvalue weighted by Crippen LogP contribution is -2.20. The third-order valence-corrected chi connectivity index (χ3v) is 5.34. The number of aliphatic hydroxyl groups is 1. The van der Waals surface area contributed by atoms with Crippen LogP contribution < -0.4 is 9.47 Å². The molecule has 1 unspecified atom stereocenters. The first-order valence-corrected chi connectivity index (χ1v) is 9.38. The van der Waals surface area contributed by atoms with E-state index in [1.165, 1.54) is 11.8 Å². The Morgan fingerprint density at radius 2 is 1.58 bits per heavy atom. The zero-order valence-corrected chi connectivity index (χ0v) is 15.6. The van der Waals surface area contributed by atoms with E-state index in [1.54, 1.807) is 0 Å². The van der Waals surface area contributed by atoms with Crippen LogP contribution in [0.4, 0.5) is 4.79 Å². The van der Waals surface area contributed by atoms with Crippen LogP contribution in [0, 0.1) is 0 Å². The minimum atomic E-state index is -0.330. The van der Waals surface area contributed by atoms with Crippen molar-refractivity contribution in [2.45, 2.75) is 25.4 Å². The van der Waals surface area contributed by atoms with E-state index in [1.807, 2.05) is 48.5 Å². The summed E-state index contributed by atoms with van der Waals surface area (Å²) in [6.07, 6.45) is -0.178. The van der Waals surface area contributed by atoms with Gasteiger partial charge in [0, 0.05) is 11.2 Å². The molecule has 0 aromatic heterocycles. The number of aliphatic hydroxyl groups excluding tert-OH is 1. The summed E-state index contributed by atoms with van der Waals surface area (Å²) in [5.41, 5.74) is 2.11. The van der Waals surface area contributed by atoms with Gasteiger partial charge in [0.25, 0.3) is 0 Å². The molecule has 0 spiro atoms. The van der Waals surface area contributed by atoms with Gasteiger partial charge in [-0.2, -0.15) is 0 Å². The number of carbonyl (C=O) groups is 1. The number of carbonyl (C=O) groups excluding carboxylic acids is 1. The topological polar surface area (TPSA) is 65.0 Å². The van der Waals surface area contributed by atoms with Gasteiger partial charge in [0.1, 0.15) is 24.2 Å². The second kappa shape index (κ2) is 8.01. The molecule has 1 heterocycles. The fourth-order valence-corrected chi connectivity index (χ4v) is 3.50. The maximum absolute atomic E-state index is 11.1. The summed E-state index contributed by atoms with van der Waals surface area (Å²) in [4.78, 5) is 11.1. The van der Waals surface area contributed by atoms with E-state index >= 15 is 0 Å². The highest BCUT2D eigenvalue weighted by atomic mass is 32.2. The van der Waals surface area contributed by atoms with Gasteiger partial charge >= 0.3 is 5.30 Å². The number of rotatable bonds is 7. The third kappa shape index (κ3) is 4.31. The number of hydrogen-bond acceptors (Lipinski definition) is 6. The molecule has 5 nitrogen and oxygen atoms in total. The lowest BCUT2D eigenvalue weighted by atomic mass is 9.78. The molecule has 0 aliphatic carbocycles. The first-order chi connectivity index (χ1) is 12.5. The zero-order valence-electron chi connectivity index (χ0n) is 14.8. The van der Waals surface area contributed by atoms with Gasteiger partial charge < -0.3 is 19.3 Å². The van der Waals surface area contributed by atoms with Crippen LogP contribution in [0.25, 0.3) is 0 Å². The monoisotopic (exact) mass is 374 g/mol. The van der Waals surface area contributed by atoms with E-state index < -0.39 is 0 Å². The van der Waals surface area contributed by atoms with Crippen LogP contribution in [0.5, 0.6) is 11.5 Å². The second-order valence-electron chi connectivity index (χ2n) is 6.56. The summed E-state index contributed by atoms with van der Waals surface area (Å²) in [5, 5.41) is 8.59. The van der Waals surface area contributed by atoms with Crippen molar-refractivity contribution in [3.8, 4) is 11.5 Å². The molecule has 0 radical (unpaired) electrons. The number of ether oxygens (including phenoxy) is 3. The minimum absolute atomic E-state index is 0.178. The molecule has 6 heteroatoms. The molecule has 1 aliphatic rings. The highest BCUT2D eigenvalue weighted by Gasteiger charge is 2.25. The summed E-state index contributed by atoms with van der Waals surface area (Å²) in [6.45, 7) is 4.34. The van der Waals surface area contributed by atoms with Crippen molar-refractivity contribution in [1.29, 1.82) is 0 Å². The van der Waals surface area contributed by atoms with E-state index in [2.05, 4.69) is 13.8 Å². The van der Waals surface area contributed by atoms with Crippen molar-refractivity contribution in [2.24, 2.45) is 0 Å². The van der Waals surface area contributed by atoms with Gasteiger partial charge in [0.2, 0.25) is 0 Å². The van der Waals surface area contributed by atoms with E-state index in [-0.39, 0.29) is 23.6 Å². The average molecular weight is 374 g/mol. The Labute approximate surface area is 157 Å². The lowest BCUT2D eigenvalue weighted by molar-refractivity contribution is 0.0985. The van der Waals surface area contributed by atoms with Gasteiger partial charge in [-0.1, -0.05) is 38.1 Å². The molecule has 1 atom stereocenters. The molecule has 1 N–H and O–H groups in total. The van der Waals surface area contributed by atoms with Crippen LogP contribution in [0.15, 0.2) is 48.5 Å². The SMILES string of the molecule is CC(C)(c1ccc(OCO)cc1)c1ccc(OCC2CSC(=O)O2)cc1. The van der Waals surface area contributed by atoms with Crippen LogP contribution >= 0.6 is 11.8 Å². The maximum Gasteiger partial charge on any atom is 0.367 e. The summed E-state index contributed by atoms with van der Waals surface area (Å²) in [5.74, 6) is 2.03. The van der Waals surface area contributed by atoms with Crippen LogP contribution in [0.2, 0.25) is 0 Å². The Hall–Kier alpha value is -2.18. The molecule has 2 aromatic rings. The fourth-order valence-electron chi connectivity index (χ4n) is 2.81. The van der Waals surface area contributed by atoms with Gasteiger partial charge in [0.05, 0.1) is 0 Å². The first kappa shape index (κ1) is 18.6. The number of cyclic esters (lactones) is 1. The summed E-state index contributed by atoms with van der Waals surface area (Å²) in [6, 6.07) is 15.7. The summed E-state index contributed by atoms with van der Waals surface area (Å²) < 4.78 is 15.9. The smallest absolute Gasteiger partial charge is 0.367 e. The quantitative estimate of drug-likeness (QED) is 0.584. The van der Waals surface area contributed by atoms with Crippen molar-refractivity contribution in [2.75, 3.05) is 19.2 Å². The standard InChI is InChI=1S/C20H22O5S/c1-20(2,15-5-9-17(10-6-15)24-13-21)14-3-7-16(8-4-14)23-11-18-12-26-19(22)25-18/h3-10,18,21H,11-13H2,1-2H3. The minimum Gasteiger partial charge on any atom is -0.490 e. The number of hydrogen-bond donors (Lipinski definition) is 1. The van der Waals surface area contributed by atoms with Crippen LogP contribution in [0.1, 0.15) is 25.0 Å². The van der Waals surface area contributed by atoms with E-state index in [9.17, 15) is 4.79 Å². The Balaban J connectivity index is 1.65. The van der Waals surface area contributed by atoms with Crippen LogP contribution in [0.3, 0.4) is 0 Å². The lowest BCUT2D eigenvalue weighted by Gasteiger charge is -2.26. The number of benzene rings is 2. The predicted octanol–water partition coefficient (Wildman–Crippen LogP) is 3.97. The van der Waals surface area contributed by atoms with Crippen molar-refractivity contribution >= 4 is 17.1 Å². The normalized spacial score (nSPS) is 17.0. The molecule has 0 bridgehead atoms. The van der Waals surface area contributed by atoms with E-state index in [0.717, 1.165) is 16.9 Å². The van der Waals surface area contributed by atoms with Gasteiger partial charge in [-0.05, 0) is 47.2 Å². The highest BCUT2D eigenvalue weighted by molar-refractivity contribution is 8.13. The first-order valence-electron chi connectivity index (χ1n) is 8.40. The Morgan fingerprint density at radius 1 is 1.04 bits per heavy atom. The van der Waals surface area contributed by atoms with Crippen LogP contribution in [-0.4, -0.2) is 35.7 Å². The molecule has 138 valence electrons. The van der Waals surface area contributed by atoms with E-state index in [0.29, 0.717) is 18.1 Å². The summed E-state index contributed by atoms with van der Waals surface area (Å²) >= 11 is 1.18. The Kier molecular flexibility index (Phi) is 5.74. The molecule has 0 saturated carbocycles. The van der Waals surface area contributed by atoms with Crippen molar-refractivity contribution < 1.29 is 24.1 Å². The van der Waals surface area contributed by atoms with Gasteiger partial charge in [-0.25, -0.2) is 4.79 Å². The molecule has 3 rings (SSSR count). The molecule has 1 aliphatic heterocycles. The van der Waals surface area contributed by atoms with E-state index in [4.69, 9.17) is 19.3 Å². The zero-order chi connectivity index (χ0) is 18.6. The highest BCUT2D eigenvalue weighted by Crippen LogP contribution is 2.33. The van der Waals surface area contributed by atoms with Crippen molar-refractivity contribution in [3.63, 3.8) is 0 Å². The number of thioether (sulfide) groups is 1. The molecule has 1 fully saturated rings. The summed E-state index contributed by atoms with van der Waals surface area (Å²) in [7, 11) is 0. The van der Waals surface area contributed by atoms with Gasteiger partial charge in [0.15, 0.2) is 6.79 Å². The molecule has 2 aromatic carbocycles. The van der Waals surface area contributed by atoms with Crippen LogP contribution in [-0.2, 0) is 10.2 Å². The Bertz CT molecular complexity index is 740. The largest absolute Gasteiger partial charge is 0.490 e. The maximum atomic E-state index is 11.1. The van der Waals surface area contributed by atoms with Gasteiger partial charge in [-0.3, -0.25) is 0 Å². The molecular weight excluding hydrogens is 352 g/mol. The Morgan fingerprint density at radius 3 is 2.04 bits per heavy atom. The van der Waals surface area contributed by atoms with Gasteiger partial charge in [-0.15, -0.1) is 0 Å². The fraction of sp³-hybridized carbons (Fsp3) is 0.350. The average Bonchev–Trinajstić information content (AvgIpc) is 3.06. The molecule has 0 amide bonds.